The van der Waals surface area contributed by atoms with Crippen molar-refractivity contribution in [1.82, 2.24) is 25.1 Å². The standard InChI is InChI=1S/C24H17ClN6O2/c25-18-9-5-4-8-17(18)22-21(23-27-14-28-31-23)30-24(33-22)16-10-11-26-19(13-16)29-20(32)12-15-6-2-1-3-7-15/h1-11,13-14H,12H2,(H,26,29,32)(H,27,28,31). The Hall–Kier alpha value is -4.30. The summed E-state index contributed by atoms with van der Waals surface area (Å²) in [5, 5.41) is 10.1. The molecule has 0 aliphatic carbocycles. The zero-order valence-corrected chi connectivity index (χ0v) is 18.0. The quantitative estimate of drug-likeness (QED) is 0.371. The van der Waals surface area contributed by atoms with Gasteiger partial charge in [0.25, 0.3) is 0 Å². The molecule has 8 nitrogen and oxygen atoms in total. The third kappa shape index (κ3) is 4.51. The lowest BCUT2D eigenvalue weighted by Gasteiger charge is -2.05. The van der Waals surface area contributed by atoms with Crippen molar-refractivity contribution >= 4 is 23.3 Å². The minimum absolute atomic E-state index is 0.169. The Labute approximate surface area is 193 Å². The summed E-state index contributed by atoms with van der Waals surface area (Å²) in [5.74, 6) is 1.46. The summed E-state index contributed by atoms with van der Waals surface area (Å²) >= 11 is 6.40. The van der Waals surface area contributed by atoms with Gasteiger partial charge in [-0.2, -0.15) is 5.10 Å². The molecule has 2 N–H and O–H groups in total. The Bertz CT molecular complexity index is 1400. The number of nitrogens with one attached hydrogen (secondary N) is 2. The molecule has 2 aromatic carbocycles. The molecular formula is C24H17ClN6O2. The first-order valence-corrected chi connectivity index (χ1v) is 10.5. The van der Waals surface area contributed by atoms with E-state index in [1.807, 2.05) is 48.5 Å². The number of anilines is 1. The van der Waals surface area contributed by atoms with Gasteiger partial charge in [-0.25, -0.2) is 15.0 Å². The zero-order chi connectivity index (χ0) is 22.6. The molecule has 0 unspecified atom stereocenters. The number of pyridine rings is 1. The van der Waals surface area contributed by atoms with Gasteiger partial charge in [-0.1, -0.05) is 54.1 Å². The van der Waals surface area contributed by atoms with E-state index in [0.29, 0.717) is 45.1 Å². The van der Waals surface area contributed by atoms with Crippen molar-refractivity contribution in [2.24, 2.45) is 0 Å². The molecule has 5 aromatic rings. The van der Waals surface area contributed by atoms with Crippen LogP contribution in [0.1, 0.15) is 5.56 Å². The number of H-pyrrole nitrogens is 1. The summed E-state index contributed by atoms with van der Waals surface area (Å²) in [4.78, 5) is 25.5. The number of rotatable bonds is 6. The summed E-state index contributed by atoms with van der Waals surface area (Å²) in [6.45, 7) is 0. The monoisotopic (exact) mass is 456 g/mol. The van der Waals surface area contributed by atoms with E-state index in [0.717, 1.165) is 5.56 Å². The molecule has 3 heterocycles. The fourth-order valence-corrected chi connectivity index (χ4v) is 3.57. The number of benzene rings is 2. The van der Waals surface area contributed by atoms with Crippen molar-refractivity contribution in [3.05, 3.63) is 89.8 Å². The average Bonchev–Trinajstić information content (AvgIpc) is 3.50. The third-order valence-corrected chi connectivity index (χ3v) is 5.20. The minimum Gasteiger partial charge on any atom is -0.435 e. The van der Waals surface area contributed by atoms with Gasteiger partial charge in [0.2, 0.25) is 11.8 Å². The van der Waals surface area contributed by atoms with Crippen LogP contribution in [0.4, 0.5) is 5.82 Å². The van der Waals surface area contributed by atoms with E-state index in [1.54, 1.807) is 24.4 Å². The van der Waals surface area contributed by atoms with Crippen LogP contribution in [0.2, 0.25) is 5.02 Å². The normalized spacial score (nSPS) is 10.8. The van der Waals surface area contributed by atoms with Crippen LogP contribution < -0.4 is 5.32 Å². The number of hydrogen-bond donors (Lipinski definition) is 2. The molecule has 0 spiro atoms. The maximum Gasteiger partial charge on any atom is 0.229 e. The van der Waals surface area contributed by atoms with E-state index < -0.39 is 0 Å². The van der Waals surface area contributed by atoms with Crippen LogP contribution in [0.5, 0.6) is 0 Å². The molecule has 0 fully saturated rings. The molecule has 9 heteroatoms. The van der Waals surface area contributed by atoms with Crippen LogP contribution in [0, 0.1) is 0 Å². The van der Waals surface area contributed by atoms with Crippen molar-refractivity contribution in [2.75, 3.05) is 5.32 Å². The predicted molar refractivity (Wildman–Crippen MR) is 124 cm³/mol. The first-order valence-electron chi connectivity index (χ1n) is 10.1. The largest absolute Gasteiger partial charge is 0.435 e. The number of nitrogens with zero attached hydrogens (tertiary/aromatic N) is 4. The summed E-state index contributed by atoms with van der Waals surface area (Å²) in [7, 11) is 0. The van der Waals surface area contributed by atoms with Crippen molar-refractivity contribution in [1.29, 1.82) is 0 Å². The van der Waals surface area contributed by atoms with E-state index in [2.05, 4.69) is 30.5 Å². The van der Waals surface area contributed by atoms with Crippen LogP contribution in [-0.4, -0.2) is 31.1 Å². The van der Waals surface area contributed by atoms with E-state index in [1.165, 1.54) is 6.33 Å². The molecule has 0 atom stereocenters. The van der Waals surface area contributed by atoms with Crippen molar-refractivity contribution in [3.8, 4) is 34.3 Å². The van der Waals surface area contributed by atoms with Crippen LogP contribution in [-0.2, 0) is 11.2 Å². The third-order valence-electron chi connectivity index (χ3n) is 4.87. The SMILES string of the molecule is O=C(Cc1ccccc1)Nc1cc(-c2nc(-c3ncn[nH]3)c(-c3ccccc3Cl)o2)ccn1. The highest BCUT2D eigenvalue weighted by molar-refractivity contribution is 6.33. The van der Waals surface area contributed by atoms with Gasteiger partial charge < -0.3 is 9.73 Å². The minimum atomic E-state index is -0.169. The second kappa shape index (κ2) is 9.05. The Morgan fingerprint density at radius 3 is 2.64 bits per heavy atom. The van der Waals surface area contributed by atoms with Crippen LogP contribution in [0.15, 0.2) is 83.7 Å². The van der Waals surface area contributed by atoms with E-state index >= 15 is 0 Å². The molecule has 0 aliphatic rings. The van der Waals surface area contributed by atoms with Gasteiger partial charge in [0.1, 0.15) is 12.1 Å². The zero-order valence-electron chi connectivity index (χ0n) is 17.2. The number of halogens is 1. The number of amides is 1. The van der Waals surface area contributed by atoms with Crippen molar-refractivity contribution in [2.45, 2.75) is 6.42 Å². The fourth-order valence-electron chi connectivity index (χ4n) is 3.35. The Balaban J connectivity index is 1.47. The topological polar surface area (TPSA) is 110 Å². The highest BCUT2D eigenvalue weighted by Gasteiger charge is 2.22. The Morgan fingerprint density at radius 2 is 1.85 bits per heavy atom. The summed E-state index contributed by atoms with van der Waals surface area (Å²) in [5.41, 5.74) is 2.70. The number of carbonyl (C=O) groups is 1. The predicted octanol–water partition coefficient (Wildman–Crippen LogP) is 5.02. The first kappa shape index (κ1) is 20.6. The lowest BCUT2D eigenvalue weighted by molar-refractivity contribution is -0.115. The number of aromatic amines is 1. The molecule has 1 amide bonds. The van der Waals surface area contributed by atoms with Gasteiger partial charge in [0.05, 0.1) is 11.4 Å². The molecular weight excluding hydrogens is 440 g/mol. The lowest BCUT2D eigenvalue weighted by Crippen LogP contribution is -2.15. The fraction of sp³-hybridized carbons (Fsp3) is 0.0417. The van der Waals surface area contributed by atoms with Crippen molar-refractivity contribution in [3.63, 3.8) is 0 Å². The van der Waals surface area contributed by atoms with Gasteiger partial charge in [-0.3, -0.25) is 9.89 Å². The van der Waals surface area contributed by atoms with E-state index in [4.69, 9.17) is 16.0 Å². The molecule has 162 valence electrons. The molecule has 33 heavy (non-hydrogen) atoms. The second-order valence-corrected chi connectivity index (χ2v) is 7.56. The van der Waals surface area contributed by atoms with Gasteiger partial charge in [-0.05, 0) is 29.8 Å². The number of aromatic nitrogens is 5. The highest BCUT2D eigenvalue weighted by Crippen LogP contribution is 2.37. The van der Waals surface area contributed by atoms with Gasteiger partial charge in [0, 0.05) is 17.3 Å². The maximum absolute atomic E-state index is 12.4. The van der Waals surface area contributed by atoms with E-state index in [9.17, 15) is 4.79 Å². The highest BCUT2D eigenvalue weighted by atomic mass is 35.5. The molecule has 0 saturated carbocycles. The van der Waals surface area contributed by atoms with Gasteiger partial charge in [-0.15, -0.1) is 0 Å². The molecule has 0 radical (unpaired) electrons. The smallest absolute Gasteiger partial charge is 0.229 e. The number of hydrogen-bond acceptors (Lipinski definition) is 6. The molecule has 0 bridgehead atoms. The lowest BCUT2D eigenvalue weighted by atomic mass is 10.1. The first-order chi connectivity index (χ1) is 16.2. The summed E-state index contributed by atoms with van der Waals surface area (Å²) < 4.78 is 6.12. The van der Waals surface area contributed by atoms with E-state index in [-0.39, 0.29) is 12.3 Å². The molecule has 3 aromatic heterocycles. The molecule has 0 saturated heterocycles. The van der Waals surface area contributed by atoms with Crippen molar-refractivity contribution < 1.29 is 9.21 Å². The Kier molecular flexibility index (Phi) is 5.65. The molecule has 5 rings (SSSR count). The number of carbonyl (C=O) groups excluding carboxylic acids is 1. The second-order valence-electron chi connectivity index (χ2n) is 7.15. The molecule has 0 aliphatic heterocycles. The van der Waals surface area contributed by atoms with Crippen LogP contribution in [0.3, 0.4) is 0 Å². The van der Waals surface area contributed by atoms with Crippen LogP contribution >= 0.6 is 11.6 Å². The van der Waals surface area contributed by atoms with Gasteiger partial charge in [0.15, 0.2) is 17.3 Å². The van der Waals surface area contributed by atoms with Crippen LogP contribution in [0.25, 0.3) is 34.3 Å². The average molecular weight is 457 g/mol. The summed E-state index contributed by atoms with van der Waals surface area (Å²) in [6.07, 6.45) is 3.23. The number of oxazole rings is 1. The maximum atomic E-state index is 12.4. The van der Waals surface area contributed by atoms with Gasteiger partial charge >= 0.3 is 0 Å². The Morgan fingerprint density at radius 1 is 1.03 bits per heavy atom. The summed E-state index contributed by atoms with van der Waals surface area (Å²) in [6, 6.07) is 20.3.